The molecule has 1 saturated carbocycles. The molecule has 1 fully saturated rings. The fourth-order valence-electron chi connectivity index (χ4n) is 1.81. The minimum Gasteiger partial charge on any atom is -0.327 e. The van der Waals surface area contributed by atoms with E-state index in [1.165, 1.54) is 6.07 Å². The Hall–Kier alpha value is -0.960. The average Bonchev–Trinajstić information content (AvgIpc) is 2.86. The third-order valence-electron chi connectivity index (χ3n) is 2.96. The zero-order valence-corrected chi connectivity index (χ0v) is 7.63. The Balaban J connectivity index is 2.31. The number of hydrogen-bond acceptors (Lipinski definition) is 2. The first-order valence-corrected chi connectivity index (χ1v) is 4.53. The van der Waals surface area contributed by atoms with Crippen molar-refractivity contribution in [2.75, 3.05) is 0 Å². The van der Waals surface area contributed by atoms with E-state index in [-0.39, 0.29) is 11.5 Å². The van der Waals surface area contributed by atoms with Crippen LogP contribution in [0, 0.1) is 5.95 Å². The highest BCUT2D eigenvalue weighted by Gasteiger charge is 2.47. The van der Waals surface area contributed by atoms with Crippen LogP contribution in [0.1, 0.15) is 25.3 Å². The SMILES string of the molecule is CC(N)C1(c2ccc(F)nc2)CC1. The monoisotopic (exact) mass is 180 g/mol. The largest absolute Gasteiger partial charge is 0.327 e. The van der Waals surface area contributed by atoms with Crippen LogP contribution in [0.4, 0.5) is 4.39 Å². The van der Waals surface area contributed by atoms with Crippen molar-refractivity contribution in [3.05, 3.63) is 29.8 Å². The number of aromatic nitrogens is 1. The summed E-state index contributed by atoms with van der Waals surface area (Å²) in [5, 5.41) is 0. The summed E-state index contributed by atoms with van der Waals surface area (Å²) in [6.45, 7) is 2.00. The van der Waals surface area contributed by atoms with Crippen LogP contribution in [0.2, 0.25) is 0 Å². The quantitative estimate of drug-likeness (QED) is 0.702. The van der Waals surface area contributed by atoms with Crippen LogP contribution >= 0.6 is 0 Å². The number of halogens is 1. The van der Waals surface area contributed by atoms with E-state index in [1.54, 1.807) is 12.3 Å². The first-order valence-electron chi connectivity index (χ1n) is 4.53. The van der Waals surface area contributed by atoms with E-state index >= 15 is 0 Å². The molecule has 3 heteroatoms. The Labute approximate surface area is 77.0 Å². The van der Waals surface area contributed by atoms with Gasteiger partial charge in [0, 0.05) is 17.7 Å². The Morgan fingerprint density at radius 2 is 2.23 bits per heavy atom. The number of nitrogens with zero attached hydrogens (tertiary/aromatic N) is 1. The summed E-state index contributed by atoms with van der Waals surface area (Å²) >= 11 is 0. The molecule has 0 aliphatic heterocycles. The predicted molar refractivity (Wildman–Crippen MR) is 48.8 cm³/mol. The highest BCUT2D eigenvalue weighted by Crippen LogP contribution is 2.49. The molecule has 0 aromatic carbocycles. The molecule has 2 rings (SSSR count). The Kier molecular flexibility index (Phi) is 1.84. The maximum absolute atomic E-state index is 12.6. The predicted octanol–water partition coefficient (Wildman–Crippen LogP) is 1.60. The van der Waals surface area contributed by atoms with Gasteiger partial charge in [0.2, 0.25) is 5.95 Å². The normalized spacial score (nSPS) is 21.2. The Morgan fingerprint density at radius 3 is 2.62 bits per heavy atom. The van der Waals surface area contributed by atoms with E-state index in [0.29, 0.717) is 0 Å². The summed E-state index contributed by atoms with van der Waals surface area (Å²) in [6, 6.07) is 3.32. The summed E-state index contributed by atoms with van der Waals surface area (Å²) in [6.07, 6.45) is 3.79. The molecule has 2 N–H and O–H groups in total. The fourth-order valence-corrected chi connectivity index (χ4v) is 1.81. The van der Waals surface area contributed by atoms with Crippen LogP contribution < -0.4 is 5.73 Å². The van der Waals surface area contributed by atoms with Crippen LogP contribution in [0.25, 0.3) is 0 Å². The maximum Gasteiger partial charge on any atom is 0.212 e. The molecule has 0 saturated heterocycles. The molecule has 1 aliphatic rings. The van der Waals surface area contributed by atoms with E-state index < -0.39 is 5.95 Å². The number of nitrogens with two attached hydrogens (primary N) is 1. The summed E-state index contributed by atoms with van der Waals surface area (Å²) in [5.74, 6) is -0.427. The standard InChI is InChI=1S/C10H13FN2/c1-7(12)10(4-5-10)8-2-3-9(11)13-6-8/h2-3,6-7H,4-5,12H2,1H3. The zero-order chi connectivity index (χ0) is 9.47. The second-order valence-electron chi connectivity index (χ2n) is 3.81. The minimum atomic E-state index is -0.427. The van der Waals surface area contributed by atoms with Gasteiger partial charge in [-0.05, 0) is 31.4 Å². The third kappa shape index (κ3) is 1.33. The van der Waals surface area contributed by atoms with Crippen molar-refractivity contribution in [1.82, 2.24) is 4.98 Å². The topological polar surface area (TPSA) is 38.9 Å². The van der Waals surface area contributed by atoms with Crippen molar-refractivity contribution >= 4 is 0 Å². The van der Waals surface area contributed by atoms with Crippen molar-refractivity contribution in [1.29, 1.82) is 0 Å². The van der Waals surface area contributed by atoms with E-state index in [0.717, 1.165) is 18.4 Å². The van der Waals surface area contributed by atoms with E-state index in [9.17, 15) is 4.39 Å². The van der Waals surface area contributed by atoms with Crippen molar-refractivity contribution in [3.8, 4) is 0 Å². The summed E-state index contributed by atoms with van der Waals surface area (Å²) in [7, 11) is 0. The lowest BCUT2D eigenvalue weighted by molar-refractivity contribution is 0.543. The van der Waals surface area contributed by atoms with Crippen LogP contribution in [-0.2, 0) is 5.41 Å². The third-order valence-corrected chi connectivity index (χ3v) is 2.96. The van der Waals surface area contributed by atoms with Gasteiger partial charge in [-0.3, -0.25) is 0 Å². The molecule has 70 valence electrons. The molecule has 1 aliphatic carbocycles. The number of pyridine rings is 1. The molecular weight excluding hydrogens is 167 g/mol. The van der Waals surface area contributed by atoms with Crippen molar-refractivity contribution < 1.29 is 4.39 Å². The van der Waals surface area contributed by atoms with Gasteiger partial charge in [0.05, 0.1) is 0 Å². The molecule has 0 amide bonds. The lowest BCUT2D eigenvalue weighted by Crippen LogP contribution is -2.31. The Bertz CT molecular complexity index is 301. The first kappa shape index (κ1) is 8.63. The van der Waals surface area contributed by atoms with Crippen molar-refractivity contribution in [2.45, 2.75) is 31.2 Å². The van der Waals surface area contributed by atoms with E-state index in [1.807, 2.05) is 6.92 Å². The second-order valence-corrected chi connectivity index (χ2v) is 3.81. The summed E-state index contributed by atoms with van der Waals surface area (Å²) < 4.78 is 12.6. The second kappa shape index (κ2) is 2.77. The van der Waals surface area contributed by atoms with Gasteiger partial charge in [-0.2, -0.15) is 4.39 Å². The van der Waals surface area contributed by atoms with Crippen molar-refractivity contribution in [2.24, 2.45) is 5.73 Å². The number of hydrogen-bond donors (Lipinski definition) is 1. The van der Waals surface area contributed by atoms with Crippen LogP contribution in [0.5, 0.6) is 0 Å². The lowest BCUT2D eigenvalue weighted by Gasteiger charge is -2.19. The van der Waals surface area contributed by atoms with Crippen LogP contribution in [0.15, 0.2) is 18.3 Å². The maximum atomic E-state index is 12.6. The van der Waals surface area contributed by atoms with Crippen LogP contribution in [-0.4, -0.2) is 11.0 Å². The molecule has 1 aromatic rings. The number of rotatable bonds is 2. The van der Waals surface area contributed by atoms with Gasteiger partial charge in [0.1, 0.15) is 0 Å². The summed E-state index contributed by atoms with van der Waals surface area (Å²) in [5.41, 5.74) is 7.04. The highest BCUT2D eigenvalue weighted by molar-refractivity contribution is 5.31. The molecule has 1 unspecified atom stereocenters. The molecule has 1 atom stereocenters. The molecule has 0 radical (unpaired) electrons. The van der Waals surface area contributed by atoms with Gasteiger partial charge in [-0.15, -0.1) is 0 Å². The van der Waals surface area contributed by atoms with Gasteiger partial charge >= 0.3 is 0 Å². The first-order chi connectivity index (χ1) is 6.15. The molecule has 1 heterocycles. The molecule has 0 spiro atoms. The molecule has 1 aromatic heterocycles. The molecule has 2 nitrogen and oxygen atoms in total. The summed E-state index contributed by atoms with van der Waals surface area (Å²) in [4.78, 5) is 3.65. The minimum absolute atomic E-state index is 0.0840. The average molecular weight is 180 g/mol. The van der Waals surface area contributed by atoms with E-state index in [4.69, 9.17) is 5.73 Å². The van der Waals surface area contributed by atoms with Crippen molar-refractivity contribution in [3.63, 3.8) is 0 Å². The van der Waals surface area contributed by atoms with Gasteiger partial charge < -0.3 is 5.73 Å². The van der Waals surface area contributed by atoms with Crippen LogP contribution in [0.3, 0.4) is 0 Å². The van der Waals surface area contributed by atoms with Gasteiger partial charge in [0.25, 0.3) is 0 Å². The molecular formula is C10H13FN2. The Morgan fingerprint density at radius 1 is 1.54 bits per heavy atom. The van der Waals surface area contributed by atoms with Gasteiger partial charge in [-0.1, -0.05) is 6.07 Å². The van der Waals surface area contributed by atoms with Gasteiger partial charge in [-0.25, -0.2) is 4.98 Å². The molecule has 0 bridgehead atoms. The van der Waals surface area contributed by atoms with E-state index in [2.05, 4.69) is 4.98 Å². The zero-order valence-electron chi connectivity index (χ0n) is 7.63. The highest BCUT2D eigenvalue weighted by atomic mass is 19.1. The fraction of sp³-hybridized carbons (Fsp3) is 0.500. The smallest absolute Gasteiger partial charge is 0.212 e. The lowest BCUT2D eigenvalue weighted by atomic mass is 9.91. The molecule has 13 heavy (non-hydrogen) atoms. The van der Waals surface area contributed by atoms with Gasteiger partial charge in [0.15, 0.2) is 0 Å².